The van der Waals surface area contributed by atoms with Crippen molar-refractivity contribution in [3.05, 3.63) is 35.3 Å². The number of carbonyl (C=O) groups excluding carboxylic acids is 1. The van der Waals surface area contributed by atoms with Gasteiger partial charge in [-0.1, -0.05) is 0 Å². The number of sulfone groups is 1. The van der Waals surface area contributed by atoms with E-state index in [1.165, 1.54) is 11.1 Å². The van der Waals surface area contributed by atoms with Gasteiger partial charge in [-0.25, -0.2) is 18.4 Å². The van der Waals surface area contributed by atoms with E-state index in [0.29, 0.717) is 24.6 Å². The number of H-pyrrole nitrogens is 1. The fourth-order valence-corrected chi connectivity index (χ4v) is 7.65. The lowest BCUT2D eigenvalue weighted by molar-refractivity contribution is -0.132. The van der Waals surface area contributed by atoms with Crippen molar-refractivity contribution >= 4 is 54.0 Å². The lowest BCUT2D eigenvalue weighted by Gasteiger charge is -2.42. The summed E-state index contributed by atoms with van der Waals surface area (Å²) in [6, 6.07) is 7.42. The van der Waals surface area contributed by atoms with Gasteiger partial charge in [-0.15, -0.1) is 11.3 Å². The molecule has 224 valence electrons. The van der Waals surface area contributed by atoms with Crippen LogP contribution in [0.2, 0.25) is 0 Å². The average molecular weight is 612 g/mol. The highest BCUT2D eigenvalue weighted by molar-refractivity contribution is 7.90. The number of benzene rings is 1. The molecule has 0 radical (unpaired) electrons. The monoisotopic (exact) mass is 611 g/mol. The maximum absolute atomic E-state index is 12.5. The molecule has 5 heterocycles. The minimum atomic E-state index is -3.44. The Morgan fingerprint density at radius 3 is 2.52 bits per heavy atom. The fourth-order valence-electron chi connectivity index (χ4n) is 5.83. The van der Waals surface area contributed by atoms with Crippen molar-refractivity contribution in [3.8, 4) is 11.4 Å². The SMILES string of the molecule is CNC(=O)C(C)(C)N1CCN(Cc2cc3nc(-c4cc(S(C)(=O)=O)cc5[nH]ccc45)nc(N4CCOCC4)c3s2)CC1. The van der Waals surface area contributed by atoms with Crippen molar-refractivity contribution < 1.29 is 17.9 Å². The molecule has 1 aromatic carbocycles. The van der Waals surface area contributed by atoms with Gasteiger partial charge in [0.1, 0.15) is 0 Å². The van der Waals surface area contributed by atoms with E-state index in [0.717, 1.165) is 72.8 Å². The highest BCUT2D eigenvalue weighted by Gasteiger charge is 2.35. The molecule has 0 spiro atoms. The molecule has 0 saturated carbocycles. The van der Waals surface area contributed by atoms with Gasteiger partial charge in [0, 0.05) is 86.7 Å². The molecule has 42 heavy (non-hydrogen) atoms. The zero-order valence-electron chi connectivity index (χ0n) is 24.4. The smallest absolute Gasteiger partial charge is 0.239 e. The molecular formula is C29H37N7O4S2. The summed E-state index contributed by atoms with van der Waals surface area (Å²) in [5.74, 6) is 1.40. The topological polar surface area (TPSA) is 124 Å². The van der Waals surface area contributed by atoms with Crippen LogP contribution < -0.4 is 10.2 Å². The van der Waals surface area contributed by atoms with Crippen LogP contribution in [-0.4, -0.2) is 110 Å². The van der Waals surface area contributed by atoms with E-state index >= 15 is 0 Å². The summed E-state index contributed by atoms with van der Waals surface area (Å²) >= 11 is 1.71. The molecule has 11 nitrogen and oxygen atoms in total. The number of morpholine rings is 1. The number of aromatic amines is 1. The van der Waals surface area contributed by atoms with Crippen molar-refractivity contribution in [1.82, 2.24) is 30.1 Å². The molecule has 6 rings (SSSR count). The van der Waals surface area contributed by atoms with Gasteiger partial charge in [0.05, 0.1) is 33.9 Å². The van der Waals surface area contributed by atoms with Gasteiger partial charge >= 0.3 is 0 Å². The van der Waals surface area contributed by atoms with Crippen molar-refractivity contribution in [2.24, 2.45) is 0 Å². The largest absolute Gasteiger partial charge is 0.378 e. The van der Waals surface area contributed by atoms with Gasteiger partial charge < -0.3 is 19.9 Å². The Morgan fingerprint density at radius 1 is 1.10 bits per heavy atom. The summed E-state index contributed by atoms with van der Waals surface area (Å²) in [4.78, 5) is 34.0. The summed E-state index contributed by atoms with van der Waals surface area (Å²) in [5.41, 5.74) is 1.73. The van der Waals surface area contributed by atoms with Crippen LogP contribution in [0.4, 0.5) is 5.82 Å². The molecule has 2 N–H and O–H groups in total. The number of anilines is 1. The van der Waals surface area contributed by atoms with Crippen LogP contribution in [0.3, 0.4) is 0 Å². The number of thiophene rings is 1. The third-order valence-electron chi connectivity index (χ3n) is 8.35. The summed E-state index contributed by atoms with van der Waals surface area (Å²) in [7, 11) is -1.75. The second kappa shape index (κ2) is 11.2. The number of aromatic nitrogens is 3. The number of rotatable bonds is 7. The summed E-state index contributed by atoms with van der Waals surface area (Å²) < 4.78 is 31.7. The number of piperazine rings is 1. The quantitative estimate of drug-likeness (QED) is 0.325. The number of carbonyl (C=O) groups is 1. The number of ether oxygens (including phenoxy) is 1. The Bertz CT molecular complexity index is 1730. The van der Waals surface area contributed by atoms with Crippen molar-refractivity contribution in [2.45, 2.75) is 30.8 Å². The minimum Gasteiger partial charge on any atom is -0.378 e. The number of fused-ring (bicyclic) bond motifs is 2. The van der Waals surface area contributed by atoms with E-state index in [1.54, 1.807) is 36.7 Å². The van der Waals surface area contributed by atoms with Crippen molar-refractivity contribution in [1.29, 1.82) is 0 Å². The molecule has 2 fully saturated rings. The highest BCUT2D eigenvalue weighted by atomic mass is 32.2. The second-order valence-electron chi connectivity index (χ2n) is 11.5. The molecule has 2 aliphatic heterocycles. The Balaban J connectivity index is 1.35. The summed E-state index contributed by atoms with van der Waals surface area (Å²) in [6.45, 7) is 10.8. The van der Waals surface area contributed by atoms with E-state index in [9.17, 15) is 13.2 Å². The minimum absolute atomic E-state index is 0.0319. The summed E-state index contributed by atoms with van der Waals surface area (Å²) in [5, 5.41) is 3.66. The Kier molecular flexibility index (Phi) is 7.73. The normalized spacial score (nSPS) is 17.8. The Labute approximate surface area is 249 Å². The van der Waals surface area contributed by atoms with E-state index in [1.807, 2.05) is 19.9 Å². The first-order valence-corrected chi connectivity index (χ1v) is 16.9. The predicted octanol–water partition coefficient (Wildman–Crippen LogP) is 2.72. The summed E-state index contributed by atoms with van der Waals surface area (Å²) in [6.07, 6.45) is 3.02. The van der Waals surface area contributed by atoms with Crippen LogP contribution in [0.5, 0.6) is 0 Å². The van der Waals surface area contributed by atoms with E-state index in [2.05, 4.69) is 31.1 Å². The van der Waals surface area contributed by atoms with Crippen LogP contribution >= 0.6 is 11.3 Å². The second-order valence-corrected chi connectivity index (χ2v) is 14.6. The van der Waals surface area contributed by atoms with Crippen molar-refractivity contribution in [2.75, 3.05) is 70.7 Å². The van der Waals surface area contributed by atoms with Crippen LogP contribution in [0.1, 0.15) is 18.7 Å². The van der Waals surface area contributed by atoms with Crippen LogP contribution in [0.15, 0.2) is 35.4 Å². The van der Waals surface area contributed by atoms with Gasteiger partial charge in [-0.3, -0.25) is 14.6 Å². The lowest BCUT2D eigenvalue weighted by Crippen LogP contribution is -2.59. The molecule has 0 bridgehead atoms. The Hall–Kier alpha value is -3.10. The maximum atomic E-state index is 12.5. The van der Waals surface area contributed by atoms with Crippen LogP contribution in [-0.2, 0) is 25.9 Å². The lowest BCUT2D eigenvalue weighted by atomic mass is 10.0. The maximum Gasteiger partial charge on any atom is 0.239 e. The molecule has 4 aromatic rings. The van der Waals surface area contributed by atoms with E-state index < -0.39 is 15.4 Å². The number of hydrogen-bond acceptors (Lipinski definition) is 10. The Morgan fingerprint density at radius 2 is 1.83 bits per heavy atom. The fraction of sp³-hybridized carbons (Fsp3) is 0.483. The van der Waals surface area contributed by atoms with E-state index in [-0.39, 0.29) is 10.8 Å². The molecule has 0 atom stereocenters. The molecule has 1 amide bonds. The van der Waals surface area contributed by atoms with E-state index in [4.69, 9.17) is 14.7 Å². The third-order valence-corrected chi connectivity index (χ3v) is 10.5. The first-order valence-electron chi connectivity index (χ1n) is 14.2. The first kappa shape index (κ1) is 29.0. The number of likely N-dealkylation sites (N-methyl/N-ethyl adjacent to an activating group) is 1. The van der Waals surface area contributed by atoms with Crippen LogP contribution in [0.25, 0.3) is 32.5 Å². The van der Waals surface area contributed by atoms with Gasteiger partial charge in [0.15, 0.2) is 21.5 Å². The number of nitrogens with zero attached hydrogens (tertiary/aromatic N) is 5. The number of nitrogens with one attached hydrogen (secondary N) is 2. The van der Waals surface area contributed by atoms with Gasteiger partial charge in [0.2, 0.25) is 5.91 Å². The molecule has 13 heteroatoms. The van der Waals surface area contributed by atoms with Gasteiger partial charge in [-0.2, -0.15) is 0 Å². The standard InChI is InChI=1S/C29H37N7O4S2/c1-29(2,28(37)30-3)36-9-7-34(8-10-36)18-19-15-24-25(41-19)27(35-11-13-40-14-12-35)33-26(32-24)22-16-20(42(4,38)39)17-23-21(22)5-6-31-23/h5-6,15-17,31H,7-14,18H2,1-4H3,(H,30,37). The zero-order chi connectivity index (χ0) is 29.6. The molecular weight excluding hydrogens is 574 g/mol. The molecule has 3 aromatic heterocycles. The molecule has 2 aliphatic rings. The average Bonchev–Trinajstić information content (AvgIpc) is 3.62. The number of amides is 1. The highest BCUT2D eigenvalue weighted by Crippen LogP contribution is 2.37. The molecule has 0 aliphatic carbocycles. The molecule has 0 unspecified atom stereocenters. The zero-order valence-corrected chi connectivity index (χ0v) is 26.1. The van der Waals surface area contributed by atoms with Crippen LogP contribution in [0, 0.1) is 0 Å². The van der Waals surface area contributed by atoms with Gasteiger partial charge in [0.25, 0.3) is 0 Å². The van der Waals surface area contributed by atoms with Gasteiger partial charge in [-0.05, 0) is 38.1 Å². The number of hydrogen-bond donors (Lipinski definition) is 2. The first-order chi connectivity index (χ1) is 20.0. The molecule has 2 saturated heterocycles. The van der Waals surface area contributed by atoms with Crippen molar-refractivity contribution in [3.63, 3.8) is 0 Å². The predicted molar refractivity (Wildman–Crippen MR) is 166 cm³/mol. The third kappa shape index (κ3) is 5.51.